The molecule has 10 nitrogen and oxygen atoms in total. The Bertz CT molecular complexity index is 1290. The van der Waals surface area contributed by atoms with Gasteiger partial charge < -0.3 is 9.15 Å². The number of esters is 1. The maximum absolute atomic E-state index is 12.8. The molecule has 0 aliphatic carbocycles. The van der Waals surface area contributed by atoms with Crippen LogP contribution in [-0.4, -0.2) is 29.3 Å². The molecular formula is C23H17N3O7. The van der Waals surface area contributed by atoms with Crippen LogP contribution in [0.2, 0.25) is 0 Å². The van der Waals surface area contributed by atoms with E-state index in [1.165, 1.54) is 48.5 Å². The second kappa shape index (κ2) is 8.79. The van der Waals surface area contributed by atoms with Crippen LogP contribution in [0.3, 0.4) is 0 Å². The summed E-state index contributed by atoms with van der Waals surface area (Å²) in [6.45, 7) is 1.94. The fourth-order valence-electron chi connectivity index (χ4n) is 3.20. The van der Waals surface area contributed by atoms with Crippen molar-refractivity contribution in [3.05, 3.63) is 87.7 Å². The van der Waals surface area contributed by atoms with Gasteiger partial charge in [0.15, 0.2) is 0 Å². The summed E-state index contributed by atoms with van der Waals surface area (Å²) in [5.74, 6) is -1.13. The lowest BCUT2D eigenvalue weighted by molar-refractivity contribution is -0.384. The molecular weight excluding hydrogens is 430 g/mol. The minimum Gasteiger partial charge on any atom is -0.462 e. The van der Waals surface area contributed by atoms with Gasteiger partial charge in [0, 0.05) is 17.7 Å². The molecule has 166 valence electrons. The Hall–Kier alpha value is -4.73. The van der Waals surface area contributed by atoms with Gasteiger partial charge in [-0.1, -0.05) is 12.1 Å². The third-order valence-electron chi connectivity index (χ3n) is 4.78. The number of non-ortho nitro benzene ring substituents is 1. The Morgan fingerprint density at radius 3 is 2.61 bits per heavy atom. The van der Waals surface area contributed by atoms with Crippen molar-refractivity contribution < 1.29 is 28.5 Å². The number of anilines is 1. The van der Waals surface area contributed by atoms with E-state index < -0.39 is 22.7 Å². The Morgan fingerprint density at radius 1 is 1.15 bits per heavy atom. The lowest BCUT2D eigenvalue weighted by atomic mass is 10.1. The molecule has 1 saturated heterocycles. The Balaban J connectivity index is 1.55. The van der Waals surface area contributed by atoms with Crippen LogP contribution in [0.5, 0.6) is 0 Å². The number of nitro benzene ring substituents is 1. The molecule has 2 aromatic carbocycles. The van der Waals surface area contributed by atoms with E-state index in [-0.39, 0.29) is 23.6 Å². The molecule has 0 spiro atoms. The van der Waals surface area contributed by atoms with Crippen molar-refractivity contribution >= 4 is 35.2 Å². The van der Waals surface area contributed by atoms with E-state index in [2.05, 4.69) is 5.43 Å². The average Bonchev–Trinajstić information content (AvgIpc) is 3.40. The van der Waals surface area contributed by atoms with Crippen LogP contribution in [0.15, 0.2) is 70.7 Å². The summed E-state index contributed by atoms with van der Waals surface area (Å²) in [4.78, 5) is 47.4. The van der Waals surface area contributed by atoms with Crippen LogP contribution in [0.4, 0.5) is 11.4 Å². The number of carbonyl (C=O) groups is 3. The number of hydrogen-bond donors (Lipinski definition) is 1. The summed E-state index contributed by atoms with van der Waals surface area (Å²) in [5.41, 5.74) is 3.40. The van der Waals surface area contributed by atoms with Crippen molar-refractivity contribution in [2.24, 2.45) is 0 Å². The number of benzene rings is 2. The molecule has 2 heterocycles. The topological polar surface area (TPSA) is 132 Å². The van der Waals surface area contributed by atoms with Crippen molar-refractivity contribution in [2.75, 3.05) is 11.6 Å². The molecule has 1 N–H and O–H groups in total. The molecule has 1 aliphatic heterocycles. The van der Waals surface area contributed by atoms with Crippen LogP contribution >= 0.6 is 0 Å². The number of hydrazine groups is 1. The van der Waals surface area contributed by atoms with Crippen molar-refractivity contribution in [3.8, 4) is 11.3 Å². The molecule has 0 radical (unpaired) electrons. The van der Waals surface area contributed by atoms with Gasteiger partial charge in [-0.05, 0) is 49.4 Å². The third kappa shape index (κ3) is 4.35. The molecule has 0 unspecified atom stereocenters. The zero-order valence-electron chi connectivity index (χ0n) is 17.3. The van der Waals surface area contributed by atoms with Crippen molar-refractivity contribution in [2.45, 2.75) is 6.92 Å². The maximum Gasteiger partial charge on any atom is 0.338 e. The molecule has 2 amide bonds. The summed E-state index contributed by atoms with van der Waals surface area (Å²) < 4.78 is 10.6. The highest BCUT2D eigenvalue weighted by Crippen LogP contribution is 2.28. The zero-order chi connectivity index (χ0) is 23.5. The van der Waals surface area contributed by atoms with E-state index in [1.54, 1.807) is 25.1 Å². The van der Waals surface area contributed by atoms with Gasteiger partial charge in [-0.25, -0.2) is 9.80 Å². The maximum atomic E-state index is 12.8. The van der Waals surface area contributed by atoms with Crippen molar-refractivity contribution in [3.63, 3.8) is 0 Å². The molecule has 33 heavy (non-hydrogen) atoms. The zero-order valence-corrected chi connectivity index (χ0v) is 17.3. The van der Waals surface area contributed by atoms with Gasteiger partial charge in [0.1, 0.15) is 17.1 Å². The van der Waals surface area contributed by atoms with Gasteiger partial charge in [-0.3, -0.25) is 25.1 Å². The predicted molar refractivity (Wildman–Crippen MR) is 117 cm³/mol. The van der Waals surface area contributed by atoms with E-state index in [1.807, 2.05) is 0 Å². The first kappa shape index (κ1) is 21.5. The summed E-state index contributed by atoms with van der Waals surface area (Å²) in [6.07, 6.45) is 1.30. The summed E-state index contributed by atoms with van der Waals surface area (Å²) >= 11 is 0. The molecule has 1 aliphatic rings. The lowest BCUT2D eigenvalue weighted by Gasteiger charge is -2.14. The van der Waals surface area contributed by atoms with E-state index >= 15 is 0 Å². The molecule has 1 fully saturated rings. The van der Waals surface area contributed by atoms with Crippen LogP contribution in [-0.2, 0) is 14.3 Å². The fraction of sp³-hybridized carbons (Fsp3) is 0.0870. The molecule has 0 saturated carbocycles. The molecule has 3 aromatic rings. The highest BCUT2D eigenvalue weighted by atomic mass is 16.6. The van der Waals surface area contributed by atoms with Crippen LogP contribution in [0, 0.1) is 10.1 Å². The van der Waals surface area contributed by atoms with Gasteiger partial charge in [0.25, 0.3) is 17.5 Å². The smallest absolute Gasteiger partial charge is 0.338 e. The highest BCUT2D eigenvalue weighted by Gasteiger charge is 2.34. The van der Waals surface area contributed by atoms with Crippen LogP contribution in [0.1, 0.15) is 23.0 Å². The first-order chi connectivity index (χ1) is 15.9. The quantitative estimate of drug-likeness (QED) is 0.201. The van der Waals surface area contributed by atoms with Gasteiger partial charge in [-0.15, -0.1) is 0 Å². The number of nitrogens with one attached hydrogen (secondary N) is 1. The second-order valence-corrected chi connectivity index (χ2v) is 6.92. The van der Waals surface area contributed by atoms with Gasteiger partial charge in [-0.2, -0.15) is 0 Å². The molecule has 0 bridgehead atoms. The van der Waals surface area contributed by atoms with E-state index in [0.29, 0.717) is 22.6 Å². The predicted octanol–water partition coefficient (Wildman–Crippen LogP) is 3.49. The summed E-state index contributed by atoms with van der Waals surface area (Å²) in [5, 5.41) is 12.0. The SMILES string of the molecule is CCOC(=O)c1ccc(N2NC(=O)C(=Cc3ccc(-c4cccc([N+](=O)[O-])c4)o3)C2=O)cc1. The largest absolute Gasteiger partial charge is 0.462 e. The molecule has 4 rings (SSSR count). The van der Waals surface area contributed by atoms with E-state index in [0.717, 1.165) is 5.01 Å². The van der Waals surface area contributed by atoms with Crippen LogP contribution < -0.4 is 10.4 Å². The number of nitro groups is 1. The summed E-state index contributed by atoms with van der Waals surface area (Å²) in [7, 11) is 0. The van der Waals surface area contributed by atoms with Crippen molar-refractivity contribution in [1.82, 2.24) is 5.43 Å². The number of furan rings is 1. The third-order valence-corrected chi connectivity index (χ3v) is 4.78. The fourth-order valence-corrected chi connectivity index (χ4v) is 3.20. The first-order valence-corrected chi connectivity index (χ1v) is 9.86. The minimum atomic E-state index is -0.622. The average molecular weight is 447 g/mol. The molecule has 10 heteroatoms. The Kier molecular flexibility index (Phi) is 5.73. The number of nitrogens with zero attached hydrogens (tertiary/aromatic N) is 2. The Labute approximate surface area is 187 Å². The first-order valence-electron chi connectivity index (χ1n) is 9.86. The van der Waals surface area contributed by atoms with Gasteiger partial charge >= 0.3 is 5.97 Å². The monoisotopic (exact) mass is 447 g/mol. The lowest BCUT2D eigenvalue weighted by Crippen LogP contribution is -2.35. The number of amides is 2. The normalized spacial score (nSPS) is 14.5. The van der Waals surface area contributed by atoms with E-state index in [4.69, 9.17) is 9.15 Å². The van der Waals surface area contributed by atoms with Crippen molar-refractivity contribution in [1.29, 1.82) is 0 Å². The van der Waals surface area contributed by atoms with Gasteiger partial charge in [0.2, 0.25) is 0 Å². The highest BCUT2D eigenvalue weighted by molar-refractivity contribution is 6.31. The minimum absolute atomic E-state index is 0.0845. The number of hydrogen-bond acceptors (Lipinski definition) is 7. The molecule has 1 aromatic heterocycles. The Morgan fingerprint density at radius 2 is 1.91 bits per heavy atom. The van der Waals surface area contributed by atoms with Gasteiger partial charge in [0.05, 0.1) is 22.8 Å². The van der Waals surface area contributed by atoms with Crippen LogP contribution in [0.25, 0.3) is 17.4 Å². The van der Waals surface area contributed by atoms with E-state index in [9.17, 15) is 24.5 Å². The standard InChI is InChI=1S/C23H17N3O7/c1-2-32-23(29)14-6-8-16(9-7-14)25-22(28)19(21(27)24-25)13-18-10-11-20(33-18)15-4-3-5-17(12-15)26(30)31/h3-13H,2H2,1H3,(H,24,27). The second-order valence-electron chi connectivity index (χ2n) is 6.92. The number of rotatable bonds is 6. The number of ether oxygens (including phenoxy) is 1. The number of carbonyl (C=O) groups excluding carboxylic acids is 3. The molecule has 0 atom stereocenters. The summed E-state index contributed by atoms with van der Waals surface area (Å²) in [6, 6.07) is 15.1.